The first-order valence-electron chi connectivity index (χ1n) is 6.97. The van der Waals surface area contributed by atoms with Crippen LogP contribution in [0.1, 0.15) is 22.3 Å². The zero-order valence-corrected chi connectivity index (χ0v) is 13.6. The lowest BCUT2D eigenvalue weighted by Crippen LogP contribution is -2.36. The topological polar surface area (TPSA) is 60.9 Å². The van der Waals surface area contributed by atoms with Crippen molar-refractivity contribution in [3.05, 3.63) is 33.8 Å². The standard InChI is InChI=1S/C15H19BrN2O3/c1-11-9-12(3-4-13(11)16)15(21)18-6-2-5-17(7-8-18)10-14(19)20/h3-4,9H,2,5-8,10H2,1H3,(H,19,20). The number of carbonyl (C=O) groups is 2. The highest BCUT2D eigenvalue weighted by Gasteiger charge is 2.21. The Kier molecular flexibility index (Phi) is 5.36. The van der Waals surface area contributed by atoms with Gasteiger partial charge in [-0.05, 0) is 37.1 Å². The van der Waals surface area contributed by atoms with Gasteiger partial charge in [-0.3, -0.25) is 14.5 Å². The summed E-state index contributed by atoms with van der Waals surface area (Å²) < 4.78 is 0.988. The van der Waals surface area contributed by atoms with Crippen molar-refractivity contribution >= 4 is 27.8 Å². The second-order valence-electron chi connectivity index (χ2n) is 5.28. The maximum atomic E-state index is 12.5. The van der Waals surface area contributed by atoms with Crippen molar-refractivity contribution in [2.75, 3.05) is 32.7 Å². The van der Waals surface area contributed by atoms with Crippen LogP contribution < -0.4 is 0 Å². The highest BCUT2D eigenvalue weighted by atomic mass is 79.9. The lowest BCUT2D eigenvalue weighted by Gasteiger charge is -2.21. The Bertz CT molecular complexity index is 548. The van der Waals surface area contributed by atoms with E-state index in [0.717, 1.165) is 23.0 Å². The highest BCUT2D eigenvalue weighted by molar-refractivity contribution is 9.10. The summed E-state index contributed by atoms with van der Waals surface area (Å²) in [7, 11) is 0. The number of nitrogens with zero attached hydrogens (tertiary/aromatic N) is 2. The summed E-state index contributed by atoms with van der Waals surface area (Å²) in [6.07, 6.45) is 0.800. The van der Waals surface area contributed by atoms with Crippen LogP contribution in [0.25, 0.3) is 0 Å². The molecule has 0 aromatic heterocycles. The van der Waals surface area contributed by atoms with E-state index >= 15 is 0 Å². The Morgan fingerprint density at radius 2 is 2.00 bits per heavy atom. The molecule has 1 heterocycles. The Balaban J connectivity index is 2.02. The average molecular weight is 355 g/mol. The minimum atomic E-state index is -0.821. The molecule has 5 nitrogen and oxygen atoms in total. The van der Waals surface area contributed by atoms with E-state index in [2.05, 4.69) is 15.9 Å². The third kappa shape index (κ3) is 4.28. The predicted molar refractivity (Wildman–Crippen MR) is 83.5 cm³/mol. The van der Waals surface area contributed by atoms with Crippen molar-refractivity contribution < 1.29 is 14.7 Å². The Morgan fingerprint density at radius 1 is 1.24 bits per heavy atom. The van der Waals surface area contributed by atoms with Crippen LogP contribution in [0, 0.1) is 6.92 Å². The van der Waals surface area contributed by atoms with Crippen LogP contribution in [0.3, 0.4) is 0 Å². The minimum absolute atomic E-state index is 0.0165. The van der Waals surface area contributed by atoms with E-state index in [1.807, 2.05) is 34.9 Å². The fourth-order valence-corrected chi connectivity index (χ4v) is 2.73. The Hall–Kier alpha value is -1.40. The molecular weight excluding hydrogens is 336 g/mol. The van der Waals surface area contributed by atoms with E-state index in [1.54, 1.807) is 0 Å². The molecule has 0 atom stereocenters. The van der Waals surface area contributed by atoms with Crippen LogP contribution in [-0.2, 0) is 4.79 Å². The van der Waals surface area contributed by atoms with Crippen LogP contribution in [0.2, 0.25) is 0 Å². The molecule has 0 spiro atoms. The number of aliphatic carboxylic acids is 1. The molecular formula is C15H19BrN2O3. The summed E-state index contributed by atoms with van der Waals surface area (Å²) in [4.78, 5) is 27.0. The molecule has 1 N–H and O–H groups in total. The molecule has 1 aromatic rings. The average Bonchev–Trinajstić information content (AvgIpc) is 2.66. The van der Waals surface area contributed by atoms with Gasteiger partial charge >= 0.3 is 5.97 Å². The first-order chi connectivity index (χ1) is 9.97. The SMILES string of the molecule is Cc1cc(C(=O)N2CCCN(CC(=O)O)CC2)ccc1Br. The number of hydrogen-bond acceptors (Lipinski definition) is 3. The van der Waals surface area contributed by atoms with Crippen molar-refractivity contribution in [1.82, 2.24) is 9.80 Å². The molecule has 1 fully saturated rings. The lowest BCUT2D eigenvalue weighted by molar-refractivity contribution is -0.138. The molecule has 21 heavy (non-hydrogen) atoms. The molecule has 114 valence electrons. The summed E-state index contributed by atoms with van der Waals surface area (Å²) >= 11 is 3.43. The fourth-order valence-electron chi connectivity index (χ4n) is 2.48. The maximum Gasteiger partial charge on any atom is 0.317 e. The highest BCUT2D eigenvalue weighted by Crippen LogP contribution is 2.18. The quantitative estimate of drug-likeness (QED) is 0.901. The zero-order valence-electron chi connectivity index (χ0n) is 12.0. The monoisotopic (exact) mass is 354 g/mol. The van der Waals surface area contributed by atoms with Crippen molar-refractivity contribution in [3.8, 4) is 0 Å². The van der Waals surface area contributed by atoms with Gasteiger partial charge in [-0.25, -0.2) is 0 Å². The molecule has 0 aliphatic carbocycles. The number of carboxylic acid groups (broad SMARTS) is 1. The van der Waals surface area contributed by atoms with Crippen molar-refractivity contribution in [3.63, 3.8) is 0 Å². The maximum absolute atomic E-state index is 12.5. The molecule has 1 aliphatic rings. The normalized spacial score (nSPS) is 16.6. The molecule has 1 saturated heterocycles. The number of hydrogen-bond donors (Lipinski definition) is 1. The first-order valence-corrected chi connectivity index (χ1v) is 7.76. The summed E-state index contributed by atoms with van der Waals surface area (Å²) in [6, 6.07) is 5.59. The number of rotatable bonds is 3. The van der Waals surface area contributed by atoms with Crippen molar-refractivity contribution in [1.29, 1.82) is 0 Å². The van der Waals surface area contributed by atoms with Gasteiger partial charge in [0, 0.05) is 36.2 Å². The molecule has 0 bridgehead atoms. The van der Waals surface area contributed by atoms with Gasteiger partial charge in [0.05, 0.1) is 6.54 Å². The summed E-state index contributed by atoms with van der Waals surface area (Å²) in [6.45, 7) is 4.56. The van der Waals surface area contributed by atoms with E-state index in [4.69, 9.17) is 5.11 Å². The van der Waals surface area contributed by atoms with E-state index < -0.39 is 5.97 Å². The van der Waals surface area contributed by atoms with Gasteiger partial charge in [-0.1, -0.05) is 15.9 Å². The molecule has 1 amide bonds. The summed E-state index contributed by atoms with van der Waals surface area (Å²) in [5.74, 6) is -0.805. The van der Waals surface area contributed by atoms with Gasteiger partial charge in [-0.15, -0.1) is 0 Å². The van der Waals surface area contributed by atoms with Crippen LogP contribution >= 0.6 is 15.9 Å². The molecule has 0 radical (unpaired) electrons. The van der Waals surface area contributed by atoms with Gasteiger partial charge in [0.1, 0.15) is 0 Å². The van der Waals surface area contributed by atoms with E-state index in [-0.39, 0.29) is 12.5 Å². The molecule has 2 rings (SSSR count). The second-order valence-corrected chi connectivity index (χ2v) is 6.13. The third-order valence-corrected chi connectivity index (χ3v) is 4.53. The number of amides is 1. The van der Waals surface area contributed by atoms with Gasteiger partial charge in [0.25, 0.3) is 5.91 Å². The number of aryl methyl sites for hydroxylation is 1. The fraction of sp³-hybridized carbons (Fsp3) is 0.467. The molecule has 6 heteroatoms. The van der Waals surface area contributed by atoms with Crippen molar-refractivity contribution in [2.24, 2.45) is 0 Å². The van der Waals surface area contributed by atoms with Crippen LogP contribution in [0.4, 0.5) is 0 Å². The number of benzene rings is 1. The van der Waals surface area contributed by atoms with Crippen LogP contribution in [0.5, 0.6) is 0 Å². The first kappa shape index (κ1) is 16.0. The lowest BCUT2D eigenvalue weighted by atomic mass is 10.1. The van der Waals surface area contributed by atoms with E-state index in [9.17, 15) is 9.59 Å². The summed E-state index contributed by atoms with van der Waals surface area (Å²) in [5, 5.41) is 8.84. The van der Waals surface area contributed by atoms with Crippen molar-refractivity contribution in [2.45, 2.75) is 13.3 Å². The second kappa shape index (κ2) is 7.04. The molecule has 1 aliphatic heterocycles. The largest absolute Gasteiger partial charge is 0.480 e. The molecule has 1 aromatic carbocycles. The van der Waals surface area contributed by atoms with Gasteiger partial charge in [-0.2, -0.15) is 0 Å². The van der Waals surface area contributed by atoms with E-state index in [1.165, 1.54) is 0 Å². The number of carbonyl (C=O) groups excluding carboxylic acids is 1. The summed E-state index contributed by atoms with van der Waals surface area (Å²) in [5.41, 5.74) is 1.71. The number of halogens is 1. The zero-order chi connectivity index (χ0) is 15.4. The smallest absolute Gasteiger partial charge is 0.317 e. The Labute approximate surface area is 132 Å². The van der Waals surface area contributed by atoms with Crippen LogP contribution in [-0.4, -0.2) is 59.5 Å². The van der Waals surface area contributed by atoms with Gasteiger partial charge in [0.2, 0.25) is 0 Å². The predicted octanol–water partition coefficient (Wildman–Crippen LogP) is 1.99. The third-order valence-electron chi connectivity index (χ3n) is 3.64. The molecule has 0 saturated carbocycles. The van der Waals surface area contributed by atoms with Crippen LogP contribution in [0.15, 0.2) is 22.7 Å². The van der Waals surface area contributed by atoms with Gasteiger partial charge in [0.15, 0.2) is 0 Å². The minimum Gasteiger partial charge on any atom is -0.480 e. The number of carboxylic acids is 1. The van der Waals surface area contributed by atoms with E-state index in [0.29, 0.717) is 25.2 Å². The Morgan fingerprint density at radius 3 is 2.67 bits per heavy atom. The van der Waals surface area contributed by atoms with Gasteiger partial charge < -0.3 is 10.0 Å². The molecule has 0 unspecified atom stereocenters.